The van der Waals surface area contributed by atoms with Crippen molar-refractivity contribution >= 4 is 39.1 Å². The van der Waals surface area contributed by atoms with Crippen LogP contribution in [0, 0.1) is 0 Å². The van der Waals surface area contributed by atoms with Crippen LogP contribution in [0.2, 0.25) is 5.02 Å². The predicted molar refractivity (Wildman–Crippen MR) is 171 cm³/mol. The Hall–Kier alpha value is -3.64. The second-order valence-corrected chi connectivity index (χ2v) is 14.1. The Morgan fingerprint density at radius 3 is 2.31 bits per heavy atom. The molecule has 0 radical (unpaired) electrons. The number of anilines is 1. The predicted octanol–water partition coefficient (Wildman–Crippen LogP) is 4.09. The standard InChI is InChI=1S/C33H37ClN4O6S/c1-35(2)31(39)29-7-5-18-37(29)33(26-14-8-22(19-30(26)44-4)21-36-16-6-17-36)27-20-23(34)9-15-28(27)38(32(33)40)45(41,42)25-12-10-24(43-3)11-13-25/h8-15,19-20,29H,5-7,16-18,21H2,1-4H3/t29-,33?/m0/s1. The molecule has 1 unspecified atom stereocenters. The highest BCUT2D eigenvalue weighted by molar-refractivity contribution is 7.93. The number of benzene rings is 3. The second kappa shape index (κ2) is 11.9. The third-order valence-electron chi connectivity index (χ3n) is 9.08. The summed E-state index contributed by atoms with van der Waals surface area (Å²) in [6, 6.07) is 15.7. The maximum atomic E-state index is 15.3. The van der Waals surface area contributed by atoms with Crippen LogP contribution < -0.4 is 13.8 Å². The minimum absolute atomic E-state index is 0.0763. The molecule has 0 spiro atoms. The van der Waals surface area contributed by atoms with Crippen LogP contribution in [-0.2, 0) is 31.7 Å². The Bertz CT molecular complexity index is 1740. The van der Waals surface area contributed by atoms with Crippen molar-refractivity contribution in [3.05, 3.63) is 82.4 Å². The third kappa shape index (κ3) is 5.06. The van der Waals surface area contributed by atoms with Gasteiger partial charge in [0.1, 0.15) is 11.5 Å². The maximum Gasteiger partial charge on any atom is 0.271 e. The van der Waals surface area contributed by atoms with Gasteiger partial charge in [-0.05, 0) is 86.4 Å². The molecule has 2 amide bonds. The second-order valence-electron chi connectivity index (χ2n) is 11.9. The molecule has 3 aliphatic heterocycles. The molecule has 0 saturated carbocycles. The number of likely N-dealkylation sites (N-methyl/N-ethyl adjacent to an activating group) is 1. The molecule has 3 heterocycles. The van der Waals surface area contributed by atoms with E-state index in [0.717, 1.165) is 35.9 Å². The van der Waals surface area contributed by atoms with E-state index in [1.165, 1.54) is 43.4 Å². The molecule has 3 aromatic rings. The molecule has 238 valence electrons. The number of amides is 2. The Labute approximate surface area is 269 Å². The van der Waals surface area contributed by atoms with Gasteiger partial charge in [-0.15, -0.1) is 0 Å². The number of likely N-dealkylation sites (tertiary alicyclic amines) is 2. The van der Waals surface area contributed by atoms with E-state index in [-0.39, 0.29) is 16.5 Å². The lowest BCUT2D eigenvalue weighted by molar-refractivity contribution is -0.138. The first kappa shape index (κ1) is 31.3. The zero-order valence-electron chi connectivity index (χ0n) is 25.8. The number of halogens is 1. The van der Waals surface area contributed by atoms with Crippen LogP contribution in [0.3, 0.4) is 0 Å². The van der Waals surface area contributed by atoms with Crippen molar-refractivity contribution in [2.45, 2.75) is 42.3 Å². The fourth-order valence-corrected chi connectivity index (χ4v) is 8.42. The number of ether oxygens (including phenoxy) is 2. The Kier molecular flexibility index (Phi) is 8.32. The number of hydrogen-bond acceptors (Lipinski definition) is 8. The Balaban J connectivity index is 1.61. The van der Waals surface area contributed by atoms with Gasteiger partial charge < -0.3 is 14.4 Å². The normalized spacial score (nSPS) is 21.8. The number of carbonyl (C=O) groups excluding carboxylic acids is 2. The first-order valence-electron chi connectivity index (χ1n) is 15.0. The number of rotatable bonds is 9. The van der Waals surface area contributed by atoms with Gasteiger partial charge in [-0.1, -0.05) is 23.7 Å². The van der Waals surface area contributed by atoms with Gasteiger partial charge >= 0.3 is 0 Å². The minimum Gasteiger partial charge on any atom is -0.497 e. The summed E-state index contributed by atoms with van der Waals surface area (Å²) in [5, 5.41) is 0.331. The zero-order valence-corrected chi connectivity index (χ0v) is 27.4. The monoisotopic (exact) mass is 652 g/mol. The molecule has 0 aromatic heterocycles. The van der Waals surface area contributed by atoms with E-state index in [1.54, 1.807) is 32.3 Å². The highest BCUT2D eigenvalue weighted by atomic mass is 35.5. The van der Waals surface area contributed by atoms with Crippen LogP contribution in [0.15, 0.2) is 65.6 Å². The van der Waals surface area contributed by atoms with E-state index in [4.69, 9.17) is 21.1 Å². The van der Waals surface area contributed by atoms with E-state index in [9.17, 15) is 13.2 Å². The van der Waals surface area contributed by atoms with Crippen molar-refractivity contribution in [1.82, 2.24) is 14.7 Å². The minimum atomic E-state index is -4.43. The zero-order chi connectivity index (χ0) is 32.1. The molecule has 0 bridgehead atoms. The van der Waals surface area contributed by atoms with Gasteiger partial charge in [0.05, 0.1) is 30.8 Å². The first-order chi connectivity index (χ1) is 21.5. The molecule has 2 fully saturated rings. The first-order valence-corrected chi connectivity index (χ1v) is 16.8. The average molecular weight is 653 g/mol. The molecule has 45 heavy (non-hydrogen) atoms. The van der Waals surface area contributed by atoms with Gasteiger partial charge in [0, 0.05) is 43.3 Å². The van der Waals surface area contributed by atoms with Gasteiger partial charge in [0.25, 0.3) is 15.9 Å². The molecule has 2 saturated heterocycles. The quantitative estimate of drug-likeness (QED) is 0.341. The topological polar surface area (TPSA) is 99.7 Å². The van der Waals surface area contributed by atoms with Crippen molar-refractivity contribution in [3.63, 3.8) is 0 Å². The lowest BCUT2D eigenvalue weighted by Gasteiger charge is -2.42. The Morgan fingerprint density at radius 1 is 0.956 bits per heavy atom. The molecule has 3 aliphatic rings. The summed E-state index contributed by atoms with van der Waals surface area (Å²) in [6.07, 6.45) is 2.29. The van der Waals surface area contributed by atoms with Crippen LogP contribution in [0.1, 0.15) is 36.0 Å². The molecule has 3 aromatic carbocycles. The maximum absolute atomic E-state index is 15.3. The SMILES string of the molecule is COc1ccc(S(=O)(=O)N2C(=O)C(c3ccc(CN4CCC4)cc3OC)(N3CCC[C@H]3C(=O)N(C)C)c3cc(Cl)ccc32)cc1. The highest BCUT2D eigenvalue weighted by Gasteiger charge is 2.63. The van der Waals surface area contributed by atoms with Gasteiger partial charge in [0.15, 0.2) is 5.54 Å². The van der Waals surface area contributed by atoms with Crippen molar-refractivity contribution in [2.24, 2.45) is 0 Å². The summed E-state index contributed by atoms with van der Waals surface area (Å²) < 4.78 is 40.9. The smallest absolute Gasteiger partial charge is 0.271 e. The summed E-state index contributed by atoms with van der Waals surface area (Å²) in [7, 11) is 1.96. The number of hydrogen-bond donors (Lipinski definition) is 0. The highest BCUT2D eigenvalue weighted by Crippen LogP contribution is 2.55. The van der Waals surface area contributed by atoms with E-state index in [1.807, 2.05) is 23.1 Å². The number of fused-ring (bicyclic) bond motifs is 1. The van der Waals surface area contributed by atoms with E-state index < -0.39 is 27.5 Å². The van der Waals surface area contributed by atoms with Crippen molar-refractivity contribution in [3.8, 4) is 11.5 Å². The number of sulfonamides is 1. The lowest BCUT2D eigenvalue weighted by atomic mass is 9.80. The number of methoxy groups -OCH3 is 2. The lowest BCUT2D eigenvalue weighted by Crippen LogP contribution is -2.59. The van der Waals surface area contributed by atoms with Gasteiger partial charge in [0.2, 0.25) is 5.91 Å². The van der Waals surface area contributed by atoms with Gasteiger partial charge in [-0.2, -0.15) is 0 Å². The summed E-state index contributed by atoms with van der Waals surface area (Å²) in [6.45, 7) is 3.12. The van der Waals surface area contributed by atoms with Crippen LogP contribution in [0.4, 0.5) is 5.69 Å². The summed E-state index contributed by atoms with van der Waals surface area (Å²) >= 11 is 6.61. The van der Waals surface area contributed by atoms with Crippen LogP contribution in [0.5, 0.6) is 11.5 Å². The van der Waals surface area contributed by atoms with Crippen molar-refractivity contribution < 1.29 is 27.5 Å². The average Bonchev–Trinajstić information content (AvgIpc) is 3.59. The Morgan fingerprint density at radius 2 is 1.69 bits per heavy atom. The third-order valence-corrected chi connectivity index (χ3v) is 11.0. The summed E-state index contributed by atoms with van der Waals surface area (Å²) in [5.74, 6) is 0.0169. The van der Waals surface area contributed by atoms with Gasteiger partial charge in [-0.3, -0.25) is 19.4 Å². The van der Waals surface area contributed by atoms with E-state index >= 15 is 4.79 Å². The van der Waals surface area contributed by atoms with Crippen molar-refractivity contribution in [1.29, 1.82) is 0 Å². The van der Waals surface area contributed by atoms with Crippen LogP contribution >= 0.6 is 11.6 Å². The van der Waals surface area contributed by atoms with Gasteiger partial charge in [-0.25, -0.2) is 12.7 Å². The summed E-state index contributed by atoms with van der Waals surface area (Å²) in [5.41, 5.74) is 0.288. The fourth-order valence-electron chi connectivity index (χ4n) is 6.78. The van der Waals surface area contributed by atoms with Crippen LogP contribution in [0.25, 0.3) is 0 Å². The largest absolute Gasteiger partial charge is 0.497 e. The summed E-state index contributed by atoms with van der Waals surface area (Å²) in [4.78, 5) is 34.6. The fraction of sp³-hybridized carbons (Fsp3) is 0.394. The molecular weight excluding hydrogens is 616 g/mol. The van der Waals surface area contributed by atoms with E-state index in [2.05, 4.69) is 4.90 Å². The molecule has 12 heteroatoms. The van der Waals surface area contributed by atoms with Crippen LogP contribution in [-0.4, -0.2) is 88.9 Å². The molecule has 0 N–H and O–H groups in total. The van der Waals surface area contributed by atoms with Crippen molar-refractivity contribution in [2.75, 3.05) is 52.3 Å². The number of nitrogens with zero attached hydrogens (tertiary/aromatic N) is 4. The molecule has 2 atom stereocenters. The molecular formula is C33H37ClN4O6S. The molecule has 6 rings (SSSR count). The van der Waals surface area contributed by atoms with E-state index in [0.29, 0.717) is 47.0 Å². The molecule has 0 aliphatic carbocycles. The number of carbonyl (C=O) groups is 2. The molecule has 10 nitrogen and oxygen atoms in total.